The predicted octanol–water partition coefficient (Wildman–Crippen LogP) is 5.15. The number of carbonyl (C=O) groups is 6. The van der Waals surface area contributed by atoms with Crippen LogP contribution in [0, 0.1) is 16.7 Å². The van der Waals surface area contributed by atoms with E-state index in [-0.39, 0.29) is 35.3 Å². The van der Waals surface area contributed by atoms with E-state index in [9.17, 15) is 39.3 Å². The maximum Gasteiger partial charge on any atom is 0.338 e. The zero-order chi connectivity index (χ0) is 47.6. The van der Waals surface area contributed by atoms with Crippen molar-refractivity contribution >= 4 is 35.6 Å². The van der Waals surface area contributed by atoms with Crippen molar-refractivity contribution in [1.29, 1.82) is 0 Å². The Hall–Kier alpha value is -5.74. The third-order valence-corrected chi connectivity index (χ3v) is 13.5. The summed E-state index contributed by atoms with van der Waals surface area (Å²) in [7, 11) is 0. The molecule has 7 rings (SSSR count). The highest BCUT2D eigenvalue weighted by Crippen LogP contribution is 2.64. The van der Waals surface area contributed by atoms with Gasteiger partial charge < -0.3 is 44.3 Å². The molecule has 0 aromatic heterocycles. The van der Waals surface area contributed by atoms with Crippen LogP contribution >= 0.6 is 0 Å². The first-order chi connectivity index (χ1) is 30.7. The lowest BCUT2D eigenvalue weighted by atomic mass is 9.44. The van der Waals surface area contributed by atoms with Gasteiger partial charge in [-0.2, -0.15) is 0 Å². The number of carbonyl (C=O) groups excluding carboxylic acids is 6. The quantitative estimate of drug-likeness (QED) is 0.118. The number of aliphatic hydroxyl groups is 3. The SMILES string of the molecule is CC(=O)O[C@H]1C(=O)[C@@]2(C)[C@H]([C@H](OC(=O)c3ccccc3)[C@]3(O)C[C@H](OC(=O)[C@H](O)C(NC(=O)c4ccccc4)c4ccccc4)C(C)=C1C3(C)C)[C@]1(OC(C)=O)CO[C@@H]1C[C@@H]2O.CCC. The van der Waals surface area contributed by atoms with Crippen molar-refractivity contribution in [1.82, 2.24) is 5.32 Å². The molecule has 4 aliphatic rings. The highest BCUT2D eigenvalue weighted by atomic mass is 16.6. The van der Waals surface area contributed by atoms with Crippen LogP contribution in [0.3, 0.4) is 0 Å². The maximum absolute atomic E-state index is 15.5. The first-order valence-electron chi connectivity index (χ1n) is 21.9. The van der Waals surface area contributed by atoms with Crippen LogP contribution in [0.25, 0.3) is 0 Å². The molecular weight excluding hydrogens is 839 g/mol. The van der Waals surface area contributed by atoms with E-state index in [1.807, 2.05) is 0 Å². The number of benzene rings is 3. The summed E-state index contributed by atoms with van der Waals surface area (Å²) >= 11 is 0. The molecule has 1 amide bonds. The van der Waals surface area contributed by atoms with Gasteiger partial charge >= 0.3 is 23.9 Å². The smallest absolute Gasteiger partial charge is 0.338 e. The average Bonchev–Trinajstić information content (AvgIpc) is 3.27. The Morgan fingerprint density at radius 2 is 1.38 bits per heavy atom. The zero-order valence-corrected chi connectivity index (χ0v) is 37.9. The second-order valence-corrected chi connectivity index (χ2v) is 18.1. The summed E-state index contributed by atoms with van der Waals surface area (Å²) in [5, 5.41) is 40.2. The Bertz CT molecular complexity index is 2300. The van der Waals surface area contributed by atoms with Gasteiger partial charge in [0.25, 0.3) is 5.91 Å². The molecule has 11 atom stereocenters. The Balaban J connectivity index is 0.00000227. The van der Waals surface area contributed by atoms with Crippen LogP contribution in [0.2, 0.25) is 0 Å². The van der Waals surface area contributed by atoms with Crippen LogP contribution in [0.5, 0.6) is 0 Å². The standard InChI is InChI=1S/C47H51NO14.C3H8/c1-25-31(60-43(56)36(52)35(28-16-10-7-11-17-28)48-41(54)29-18-12-8-13-19-29)23-47(57)40(61-42(55)30-20-14-9-15-21-30)38-45(6,32(51)22-33-46(38,24-58-33)62-27(3)50)39(53)37(59-26(2)49)34(25)44(47,4)5;1-3-2/h7-21,31-33,35-38,40,51-52,57H,22-24H2,1-6H3,(H,48,54);3H2,1-2H3/t31-,32-,33+,35?,36+,37+,38-,40-,45+,46-,47+;/m0./s1. The monoisotopic (exact) mass is 897 g/mol. The molecule has 348 valence electrons. The van der Waals surface area contributed by atoms with Gasteiger partial charge in [0.15, 0.2) is 23.6 Å². The average molecular weight is 898 g/mol. The first kappa shape index (κ1) is 48.7. The number of Topliss-reactive ketones (excluding diaryl/α,β-unsaturated/α-hetero) is 1. The summed E-state index contributed by atoms with van der Waals surface area (Å²) in [4.78, 5) is 83.5. The van der Waals surface area contributed by atoms with Gasteiger partial charge in [-0.25, -0.2) is 9.59 Å². The van der Waals surface area contributed by atoms with Crippen LogP contribution in [0.4, 0.5) is 0 Å². The normalized spacial score (nSPS) is 30.7. The largest absolute Gasteiger partial charge is 0.456 e. The number of ether oxygens (including phenoxy) is 5. The molecule has 0 spiro atoms. The summed E-state index contributed by atoms with van der Waals surface area (Å²) in [5.74, 6) is -6.84. The van der Waals surface area contributed by atoms with Crippen molar-refractivity contribution in [3.8, 4) is 0 Å². The van der Waals surface area contributed by atoms with E-state index < -0.39 is 113 Å². The minimum absolute atomic E-state index is 0.00289. The number of aliphatic hydroxyl groups excluding tert-OH is 2. The zero-order valence-electron chi connectivity index (χ0n) is 37.9. The topological polar surface area (TPSA) is 221 Å². The summed E-state index contributed by atoms with van der Waals surface area (Å²) in [5.41, 5.74) is -7.02. The second kappa shape index (κ2) is 19.0. The number of amides is 1. The Kier molecular flexibility index (Phi) is 14.2. The van der Waals surface area contributed by atoms with Gasteiger partial charge in [0.2, 0.25) is 0 Å². The Morgan fingerprint density at radius 1 is 0.831 bits per heavy atom. The molecule has 1 unspecified atom stereocenters. The molecule has 1 aliphatic heterocycles. The third-order valence-electron chi connectivity index (χ3n) is 13.5. The number of hydrogen-bond acceptors (Lipinski definition) is 14. The van der Waals surface area contributed by atoms with E-state index in [1.54, 1.807) is 92.7 Å². The lowest BCUT2D eigenvalue weighted by Crippen LogP contribution is -2.82. The molecule has 0 radical (unpaired) electrons. The van der Waals surface area contributed by atoms with Gasteiger partial charge in [-0.15, -0.1) is 0 Å². The number of rotatable bonds is 10. The Morgan fingerprint density at radius 3 is 1.91 bits per heavy atom. The third kappa shape index (κ3) is 8.74. The highest BCUT2D eigenvalue weighted by molar-refractivity contribution is 5.96. The van der Waals surface area contributed by atoms with Gasteiger partial charge in [-0.05, 0) is 54.8 Å². The minimum Gasteiger partial charge on any atom is -0.456 e. The van der Waals surface area contributed by atoms with Crippen LogP contribution < -0.4 is 5.32 Å². The second-order valence-electron chi connectivity index (χ2n) is 18.1. The van der Waals surface area contributed by atoms with E-state index >= 15 is 4.79 Å². The van der Waals surface area contributed by atoms with Crippen molar-refractivity contribution in [2.45, 2.75) is 129 Å². The molecule has 3 aromatic rings. The number of nitrogens with one attached hydrogen (secondary N) is 1. The lowest BCUT2D eigenvalue weighted by Gasteiger charge is -2.67. The van der Waals surface area contributed by atoms with E-state index in [1.165, 1.54) is 32.4 Å². The fraction of sp³-hybridized carbons (Fsp3) is 0.480. The van der Waals surface area contributed by atoms with Gasteiger partial charge in [-0.3, -0.25) is 19.2 Å². The highest BCUT2D eigenvalue weighted by Gasteiger charge is 2.78. The number of hydrogen-bond donors (Lipinski definition) is 4. The fourth-order valence-electron chi connectivity index (χ4n) is 10.2. The molecule has 15 heteroatoms. The van der Waals surface area contributed by atoms with Crippen LogP contribution in [0.15, 0.2) is 102 Å². The molecule has 3 fully saturated rings. The van der Waals surface area contributed by atoms with Gasteiger partial charge in [-0.1, -0.05) is 101 Å². The van der Waals surface area contributed by atoms with E-state index in [0.717, 1.165) is 13.8 Å². The molecule has 2 saturated carbocycles. The lowest BCUT2D eigenvalue weighted by molar-refractivity contribution is -0.346. The molecular formula is C50H59NO14. The van der Waals surface area contributed by atoms with Gasteiger partial charge in [0.1, 0.15) is 23.9 Å². The first-order valence-corrected chi connectivity index (χ1v) is 21.9. The van der Waals surface area contributed by atoms with Crippen molar-refractivity contribution in [3.05, 3.63) is 119 Å². The molecule has 1 saturated heterocycles. The van der Waals surface area contributed by atoms with Crippen molar-refractivity contribution in [2.24, 2.45) is 16.7 Å². The summed E-state index contributed by atoms with van der Waals surface area (Å²) < 4.78 is 30.3. The van der Waals surface area contributed by atoms with Crippen LogP contribution in [-0.2, 0) is 42.9 Å². The summed E-state index contributed by atoms with van der Waals surface area (Å²) in [6, 6.07) is 22.9. The number of ketones is 1. The van der Waals surface area contributed by atoms with E-state index in [2.05, 4.69) is 19.2 Å². The van der Waals surface area contributed by atoms with E-state index in [4.69, 9.17) is 23.7 Å². The van der Waals surface area contributed by atoms with Crippen molar-refractivity contribution < 1.29 is 67.8 Å². The van der Waals surface area contributed by atoms with E-state index in [0.29, 0.717) is 5.56 Å². The molecule has 65 heavy (non-hydrogen) atoms. The predicted molar refractivity (Wildman–Crippen MR) is 234 cm³/mol. The fourth-order valence-corrected chi connectivity index (χ4v) is 10.2. The number of esters is 4. The van der Waals surface area contributed by atoms with Gasteiger partial charge in [0.05, 0.1) is 35.6 Å². The number of fused-ring (bicyclic) bond motifs is 5. The van der Waals surface area contributed by atoms with Crippen molar-refractivity contribution in [2.75, 3.05) is 6.61 Å². The maximum atomic E-state index is 15.5. The van der Waals surface area contributed by atoms with Crippen LogP contribution in [-0.4, -0.2) is 105 Å². The molecule has 15 nitrogen and oxygen atoms in total. The molecule has 2 bridgehead atoms. The van der Waals surface area contributed by atoms with Crippen molar-refractivity contribution in [3.63, 3.8) is 0 Å². The molecule has 3 aliphatic carbocycles. The summed E-state index contributed by atoms with van der Waals surface area (Å²) in [6.45, 7) is 12.2. The minimum atomic E-state index is -2.39. The van der Waals surface area contributed by atoms with Crippen LogP contribution in [0.1, 0.15) is 107 Å². The summed E-state index contributed by atoms with van der Waals surface area (Å²) in [6.07, 6.45) is -9.26. The van der Waals surface area contributed by atoms with Gasteiger partial charge in [0, 0.05) is 37.7 Å². The Labute approximate surface area is 378 Å². The molecule has 1 heterocycles. The molecule has 3 aromatic carbocycles. The molecule has 4 N–H and O–H groups in total.